The molecule has 6 fully saturated rings. The minimum absolute atomic E-state index is 0.700. The Balaban J connectivity index is 1.47. The molecule has 0 aliphatic carbocycles. The summed E-state index contributed by atoms with van der Waals surface area (Å²) in [7, 11) is 1.98. The van der Waals surface area contributed by atoms with Crippen molar-refractivity contribution in [2.24, 2.45) is 0 Å². The van der Waals surface area contributed by atoms with Gasteiger partial charge in [-0.3, -0.25) is 57.5 Å². The van der Waals surface area contributed by atoms with Gasteiger partial charge in [0.15, 0.2) is 111 Å². The zero-order valence-corrected chi connectivity index (χ0v) is 61.1. The van der Waals surface area contributed by atoms with Crippen LogP contribution in [0.5, 0.6) is 0 Å². The largest absolute Gasteiger partial charge is 0.479 e. The first kappa shape index (κ1) is 89.8. The van der Waals surface area contributed by atoms with Crippen molar-refractivity contribution in [3.8, 4) is 0 Å². The van der Waals surface area contributed by atoms with Gasteiger partial charge in [0.05, 0.1) is 0 Å². The van der Waals surface area contributed by atoms with Gasteiger partial charge in [0.25, 0.3) is 0 Å². The number of carbonyl (C=O) groups excluding carboxylic acids is 12. The van der Waals surface area contributed by atoms with Crippen LogP contribution in [-0.2, 0) is 176 Å². The molecule has 6 aliphatic rings. The number of esters is 6. The Hall–Kier alpha value is -10.1. The normalized spacial score (nSPS) is 35.8. The fourth-order valence-electron chi connectivity index (χ4n) is 13.1. The molecule has 49 nitrogen and oxygen atoms in total. The number of aliphatic carboxylic acids is 6. The first-order valence-corrected chi connectivity index (χ1v) is 33.1. The van der Waals surface area contributed by atoms with E-state index in [4.69, 9.17) is 90.0 Å². The van der Waals surface area contributed by atoms with Crippen LogP contribution in [0, 0.1) is 0 Å². The van der Waals surface area contributed by atoms with E-state index in [1.54, 1.807) is 0 Å². The fourth-order valence-corrected chi connectivity index (χ4v) is 13.1. The van der Waals surface area contributed by atoms with E-state index in [1.807, 2.05) is 0 Å². The summed E-state index contributed by atoms with van der Waals surface area (Å²) in [6, 6.07) is -12.5. The molecule has 620 valence electrons. The zero-order valence-electron chi connectivity index (χ0n) is 61.1. The van der Waals surface area contributed by atoms with E-state index in [1.165, 1.54) is 0 Å². The number of methoxy groups -OCH3 is 2. The molecule has 111 heavy (non-hydrogen) atoms. The Morgan fingerprint density at radius 2 is 0.360 bits per heavy atom. The van der Waals surface area contributed by atoms with Crippen LogP contribution in [0.4, 0.5) is 0 Å². The topological polar surface area (TPSA) is 676 Å². The number of nitrogens with one attached hydrogen (secondary N) is 6. The van der Waals surface area contributed by atoms with E-state index in [0.29, 0.717) is 13.8 Å². The van der Waals surface area contributed by atoms with E-state index in [0.717, 1.165) is 83.5 Å². The van der Waals surface area contributed by atoms with Gasteiger partial charge in [0, 0.05) is 97.3 Å². The molecule has 6 aliphatic heterocycles. The highest BCUT2D eigenvalue weighted by Gasteiger charge is 2.65. The lowest BCUT2D eigenvalue weighted by Crippen LogP contribution is -2.74. The Labute approximate surface area is 625 Å². The molecular formula is C62H84N6O43. The minimum atomic E-state index is -2.81. The monoisotopic (exact) mass is 1600 g/mol. The predicted octanol–water partition coefficient (Wildman–Crippen LogP) is -7.95. The van der Waals surface area contributed by atoms with Gasteiger partial charge in [-0.1, -0.05) is 0 Å². The third-order valence-electron chi connectivity index (χ3n) is 16.8. The lowest BCUT2D eigenvalue weighted by molar-refractivity contribution is -0.361. The molecule has 0 aromatic carbocycles. The van der Waals surface area contributed by atoms with Crippen molar-refractivity contribution >= 4 is 107 Å². The van der Waals surface area contributed by atoms with Gasteiger partial charge < -0.3 is 153 Å². The summed E-state index contributed by atoms with van der Waals surface area (Å²) in [6.45, 7) is 9.81. The van der Waals surface area contributed by atoms with Gasteiger partial charge in [-0.25, -0.2) is 28.8 Å². The number of carboxylic acids is 6. The van der Waals surface area contributed by atoms with Crippen LogP contribution < -0.4 is 31.9 Å². The molecule has 0 saturated carbocycles. The number of carboxylic acid groups (broad SMARTS) is 6. The lowest BCUT2D eigenvalue weighted by Gasteiger charge is -2.51. The number of ether oxygens (including phenoxy) is 19. The van der Waals surface area contributed by atoms with Crippen molar-refractivity contribution in [2.45, 2.75) is 267 Å². The van der Waals surface area contributed by atoms with Crippen LogP contribution in [0.25, 0.3) is 0 Å². The average molecular weight is 1600 g/mol. The Morgan fingerprint density at radius 1 is 0.216 bits per heavy atom. The molecule has 0 aromatic heterocycles. The Kier molecular flexibility index (Phi) is 31.3. The van der Waals surface area contributed by atoms with Gasteiger partial charge >= 0.3 is 71.6 Å². The van der Waals surface area contributed by atoms with Gasteiger partial charge in [0.2, 0.25) is 35.4 Å². The van der Waals surface area contributed by atoms with Crippen LogP contribution in [0.15, 0.2) is 0 Å². The van der Waals surface area contributed by atoms with Crippen molar-refractivity contribution in [1.29, 1.82) is 0 Å². The van der Waals surface area contributed by atoms with Crippen molar-refractivity contribution in [1.82, 2.24) is 31.9 Å². The second-order valence-corrected chi connectivity index (χ2v) is 25.3. The SMILES string of the molecule is CO[C@H]1O[C@H](C(=O)O)[C@H](O[C@H]2O[C@H](C(=O)O)[C@H](O[C@H]3O[C@H](C(=O)O)[C@H](O[C@H]4O[C@H](C(=O)O)[C@H](O[C@H]5O[C@H](C(=O)O)[C@H](O[C@H]6O[C@H](C(=O)O)[C@H](OC)[C@H](OC(C)=O)[C@H]6NC(C)=O)[C@H](OC(C)=O)[C@H]5NC(C)=O)[C@H](OC(C)=O)[C@H]4NC(C)=O)[C@H](OC(C)=O)[C@H]3NC(C)=O)[C@H](OC(C)=O)[C@H]2NC(C)=O)[C@H](OC(C)=O)[C@H]1NC(C)=O. The molecule has 12 N–H and O–H groups in total. The zero-order chi connectivity index (χ0) is 83.4. The fraction of sp³-hybridized carbons (Fsp3) is 0.710. The Morgan fingerprint density at radius 3 is 0.495 bits per heavy atom. The van der Waals surface area contributed by atoms with E-state index < -0.39 is 291 Å². The van der Waals surface area contributed by atoms with Gasteiger partial charge in [0.1, 0.15) is 72.9 Å². The maximum Gasteiger partial charge on any atom is 0.335 e. The molecule has 0 spiro atoms. The van der Waals surface area contributed by atoms with Crippen molar-refractivity contribution < 1.29 is 207 Å². The summed E-state index contributed by atoms with van der Waals surface area (Å²) >= 11 is 0. The molecule has 0 radical (unpaired) electrons. The summed E-state index contributed by atoms with van der Waals surface area (Å²) in [5.74, 6) is -26.3. The van der Waals surface area contributed by atoms with Crippen LogP contribution in [0.3, 0.4) is 0 Å². The number of hydrogen-bond donors (Lipinski definition) is 12. The molecule has 6 heterocycles. The smallest absolute Gasteiger partial charge is 0.335 e. The molecule has 6 amide bonds. The standard InChI is InChI=1S/C62H84N6O43/c1-15(69)63-27-34(96-22(8)76)40(46(52(83)84)106-57(27)94-14)101-59-29(65-17(3)71)36(98-24(10)78)42(48(108-59)54(87)88)103-61-31(67-19(5)73)38(100-26(12)80)44(50(110-61)56(91)92)105-62-32(68-20(6)74)37(99-25(11)79)43(49(111-62)55(89)90)104-60-30(66-18(4)72)35(97-23(9)77)41(47(109-60)53(85)86)102-58-28(64-16(2)70)33(95-21(7)75)39(93-13)45(107-58)51(81)82/h27-50,57-62H,1-14H3,(H,63,69)(H,64,70)(H,65,71)(H,66,72)(H,67,73)(H,68,74)(H,81,82)(H,83,84)(H,85,86)(H,87,88)(H,89,90)(H,91,92)/t27-,28-,29-,30-,31-,32-,33-,34-,35-,36-,37-,38-,39-,40-,41-,42-,43-,44-,45+,46+,47+,48+,49+,50+,57+,58+,59+,60+,61+,62+/m1/s1. The van der Waals surface area contributed by atoms with E-state index >= 15 is 0 Å². The number of hydrogen-bond acceptors (Lipinski definition) is 37. The highest BCUT2D eigenvalue weighted by Crippen LogP contribution is 2.41. The third kappa shape index (κ3) is 22.6. The van der Waals surface area contributed by atoms with Gasteiger partial charge in [-0.2, -0.15) is 0 Å². The van der Waals surface area contributed by atoms with E-state index in [2.05, 4.69) is 31.9 Å². The Bertz CT molecular complexity index is 3540. The van der Waals surface area contributed by atoms with Crippen molar-refractivity contribution in [2.75, 3.05) is 14.2 Å². The van der Waals surface area contributed by atoms with Crippen LogP contribution in [0.2, 0.25) is 0 Å². The second kappa shape index (κ2) is 38.7. The van der Waals surface area contributed by atoms with E-state index in [-0.39, 0.29) is 0 Å². The highest BCUT2D eigenvalue weighted by atomic mass is 16.8. The quantitative estimate of drug-likeness (QED) is 0.0235. The molecule has 30 atom stereocenters. The van der Waals surface area contributed by atoms with Gasteiger partial charge in [-0.05, 0) is 0 Å². The second-order valence-electron chi connectivity index (χ2n) is 25.3. The molecule has 49 heteroatoms. The van der Waals surface area contributed by atoms with Crippen LogP contribution in [0.1, 0.15) is 83.1 Å². The molecule has 6 saturated heterocycles. The average Bonchev–Trinajstić information content (AvgIpc) is 0.754. The highest BCUT2D eigenvalue weighted by molar-refractivity contribution is 5.81. The summed E-state index contributed by atoms with van der Waals surface area (Å²) in [5, 5.41) is 78.7. The number of amides is 6. The van der Waals surface area contributed by atoms with Crippen LogP contribution in [-0.4, -0.2) is 336 Å². The lowest BCUT2D eigenvalue weighted by atomic mass is 9.92. The van der Waals surface area contributed by atoms with Gasteiger partial charge in [-0.15, -0.1) is 0 Å². The summed E-state index contributed by atoms with van der Waals surface area (Å²) in [4.78, 5) is 238. The molecule has 6 rings (SSSR count). The minimum Gasteiger partial charge on any atom is -0.479 e. The summed E-state index contributed by atoms with van der Waals surface area (Å²) in [6.07, 6.45) is -57.3. The van der Waals surface area contributed by atoms with E-state index in [9.17, 15) is 117 Å². The first-order valence-electron chi connectivity index (χ1n) is 33.1. The molecule has 0 aromatic rings. The summed E-state index contributed by atoms with van der Waals surface area (Å²) < 4.78 is 109. The molecule has 0 unspecified atom stereocenters. The summed E-state index contributed by atoms with van der Waals surface area (Å²) in [5.41, 5.74) is 0. The predicted molar refractivity (Wildman–Crippen MR) is 339 cm³/mol. The van der Waals surface area contributed by atoms with Crippen molar-refractivity contribution in [3.05, 3.63) is 0 Å². The third-order valence-corrected chi connectivity index (χ3v) is 16.8. The number of rotatable bonds is 30. The number of carbonyl (C=O) groups is 18. The van der Waals surface area contributed by atoms with Crippen LogP contribution >= 0.6 is 0 Å². The van der Waals surface area contributed by atoms with Crippen molar-refractivity contribution in [3.63, 3.8) is 0 Å². The maximum atomic E-state index is 13.8. The molecule has 0 bridgehead atoms. The maximum absolute atomic E-state index is 13.8. The molecular weight excluding hydrogens is 1520 g/mol. The first-order chi connectivity index (χ1) is 51.8.